The number of rotatable bonds is 13. The van der Waals surface area contributed by atoms with Gasteiger partial charge in [0.05, 0.1) is 0 Å². The lowest BCUT2D eigenvalue weighted by molar-refractivity contribution is 0.0988. The number of β-amino-alcohol motifs (C(OH)–C–C–N with tert-alkyl or cyclic N) is 1. The van der Waals surface area contributed by atoms with Crippen LogP contribution in [0.1, 0.15) is 19.4 Å². The highest BCUT2D eigenvalue weighted by atomic mass is 31.2. The van der Waals surface area contributed by atoms with Crippen molar-refractivity contribution in [2.45, 2.75) is 31.9 Å². The molecule has 7 heteroatoms. The maximum absolute atomic E-state index is 14.1. The molecule has 0 amide bonds. The van der Waals surface area contributed by atoms with Crippen LogP contribution >= 0.6 is 7.14 Å². The fraction of sp³-hybridized carbons (Fsp3) is 0.250. The number of phenolic OH excluding ortho intramolecular Hbond substituents is 1. The minimum Gasteiger partial charge on any atom is -0.508 e. The van der Waals surface area contributed by atoms with Gasteiger partial charge in [-0.3, -0.25) is 0 Å². The number of ether oxygens (including phenoxy) is 2. The molecule has 0 spiro atoms. The van der Waals surface area contributed by atoms with E-state index in [2.05, 4.69) is 19.2 Å². The zero-order valence-corrected chi connectivity index (χ0v) is 23.3. The van der Waals surface area contributed by atoms with Crippen LogP contribution in [0.3, 0.4) is 0 Å². The van der Waals surface area contributed by atoms with Crippen LogP contribution in [0.4, 0.5) is 0 Å². The Hall–Kier alpha value is -3.57. The molecule has 204 valence electrons. The molecular formula is C32H36NO5P. The van der Waals surface area contributed by atoms with E-state index in [1.807, 2.05) is 84.9 Å². The molecule has 0 saturated carbocycles. The van der Waals surface area contributed by atoms with E-state index in [0.29, 0.717) is 18.0 Å². The highest BCUT2D eigenvalue weighted by molar-refractivity contribution is 7.78. The summed E-state index contributed by atoms with van der Waals surface area (Å²) in [7, 11) is -2.96. The average Bonchev–Trinajstić information content (AvgIpc) is 2.96. The van der Waals surface area contributed by atoms with Gasteiger partial charge in [0.2, 0.25) is 0 Å². The number of phenols is 1. The summed E-state index contributed by atoms with van der Waals surface area (Å²) in [6.07, 6.45) is 0.141. The molecule has 0 aliphatic carbocycles. The molecule has 0 heterocycles. The third kappa shape index (κ3) is 8.21. The summed E-state index contributed by atoms with van der Waals surface area (Å²) in [5, 5.41) is 24.7. The molecule has 0 fully saturated rings. The number of aromatic hydroxyl groups is 1. The van der Waals surface area contributed by atoms with Gasteiger partial charge < -0.3 is 29.6 Å². The molecule has 1 atom stereocenters. The Balaban J connectivity index is 1.30. The van der Waals surface area contributed by atoms with Crippen LogP contribution < -0.4 is 25.4 Å². The molecule has 0 saturated heterocycles. The van der Waals surface area contributed by atoms with Gasteiger partial charge in [-0.15, -0.1) is 0 Å². The summed E-state index contributed by atoms with van der Waals surface area (Å²) in [6, 6.07) is 33.3. The molecule has 0 aromatic heterocycles. The van der Waals surface area contributed by atoms with E-state index in [-0.39, 0.29) is 24.2 Å². The Labute approximate surface area is 230 Å². The fourth-order valence-electron chi connectivity index (χ4n) is 4.27. The van der Waals surface area contributed by atoms with E-state index in [9.17, 15) is 14.8 Å². The fourth-order valence-corrected chi connectivity index (χ4v) is 6.50. The van der Waals surface area contributed by atoms with Crippen molar-refractivity contribution < 1.29 is 24.3 Å². The van der Waals surface area contributed by atoms with Crippen molar-refractivity contribution in [3.05, 3.63) is 115 Å². The van der Waals surface area contributed by atoms with Crippen LogP contribution in [-0.2, 0) is 11.0 Å². The zero-order chi connectivity index (χ0) is 27.7. The van der Waals surface area contributed by atoms with Crippen LogP contribution in [0.5, 0.6) is 17.2 Å². The van der Waals surface area contributed by atoms with Gasteiger partial charge in [0, 0.05) is 22.7 Å². The maximum atomic E-state index is 14.1. The number of benzene rings is 4. The second-order valence-electron chi connectivity index (χ2n) is 10.2. The normalized spacial score (nSPS) is 12.6. The van der Waals surface area contributed by atoms with Gasteiger partial charge in [0.1, 0.15) is 36.3 Å². The lowest BCUT2D eigenvalue weighted by atomic mass is 9.94. The van der Waals surface area contributed by atoms with Crippen molar-refractivity contribution in [3.8, 4) is 17.2 Å². The van der Waals surface area contributed by atoms with Gasteiger partial charge in [-0.2, -0.15) is 0 Å². The largest absolute Gasteiger partial charge is 0.508 e. The van der Waals surface area contributed by atoms with Gasteiger partial charge >= 0.3 is 0 Å². The smallest absolute Gasteiger partial charge is 0.178 e. The minimum atomic E-state index is -2.96. The lowest BCUT2D eigenvalue weighted by Crippen LogP contribution is -2.46. The Morgan fingerprint density at radius 1 is 0.769 bits per heavy atom. The third-order valence-corrected chi connectivity index (χ3v) is 9.18. The monoisotopic (exact) mass is 545 g/mol. The quantitative estimate of drug-likeness (QED) is 0.203. The van der Waals surface area contributed by atoms with Gasteiger partial charge in [0.25, 0.3) is 0 Å². The van der Waals surface area contributed by atoms with Crippen molar-refractivity contribution in [1.82, 2.24) is 5.32 Å². The van der Waals surface area contributed by atoms with Gasteiger partial charge in [-0.1, -0.05) is 72.8 Å². The third-order valence-electron chi connectivity index (χ3n) is 6.42. The van der Waals surface area contributed by atoms with Crippen molar-refractivity contribution in [3.63, 3.8) is 0 Å². The summed E-state index contributed by atoms with van der Waals surface area (Å²) < 4.78 is 25.8. The van der Waals surface area contributed by atoms with Crippen LogP contribution in [0.25, 0.3) is 0 Å². The molecular weight excluding hydrogens is 509 g/mol. The summed E-state index contributed by atoms with van der Waals surface area (Å²) in [5.74, 6) is 1.43. The van der Waals surface area contributed by atoms with Crippen molar-refractivity contribution in [1.29, 1.82) is 0 Å². The molecule has 0 bridgehead atoms. The SMILES string of the molecule is CC(C)(Cc1ccc(OCP(=O)(c2ccccc2)c2ccccc2)cc1)NC[C@H](O)COc1ccc(O)cc1. The van der Waals surface area contributed by atoms with Crippen LogP contribution in [0.15, 0.2) is 109 Å². The van der Waals surface area contributed by atoms with E-state index in [1.165, 1.54) is 0 Å². The minimum absolute atomic E-state index is 0.0809. The van der Waals surface area contributed by atoms with Gasteiger partial charge in [-0.05, 0) is 62.2 Å². The number of hydrogen-bond acceptors (Lipinski definition) is 6. The molecule has 6 nitrogen and oxygen atoms in total. The molecule has 0 unspecified atom stereocenters. The average molecular weight is 546 g/mol. The highest BCUT2D eigenvalue weighted by Gasteiger charge is 2.28. The van der Waals surface area contributed by atoms with Gasteiger partial charge in [0.15, 0.2) is 7.14 Å². The topological polar surface area (TPSA) is 88.0 Å². The van der Waals surface area contributed by atoms with E-state index in [4.69, 9.17) is 9.47 Å². The number of nitrogens with one attached hydrogen (secondary N) is 1. The summed E-state index contributed by atoms with van der Waals surface area (Å²) in [5.41, 5.74) is 0.849. The number of hydrogen-bond donors (Lipinski definition) is 3. The number of aliphatic hydroxyl groups excluding tert-OH is 1. The van der Waals surface area contributed by atoms with Gasteiger partial charge in [-0.25, -0.2) is 0 Å². The summed E-state index contributed by atoms with van der Waals surface area (Å²) in [6.45, 7) is 4.69. The highest BCUT2D eigenvalue weighted by Crippen LogP contribution is 2.43. The van der Waals surface area contributed by atoms with Crippen molar-refractivity contribution in [2.75, 3.05) is 19.5 Å². The first kappa shape index (κ1) is 28.4. The van der Waals surface area contributed by atoms with E-state index in [0.717, 1.165) is 22.6 Å². The summed E-state index contributed by atoms with van der Waals surface area (Å²) in [4.78, 5) is 0. The first-order valence-corrected chi connectivity index (χ1v) is 14.9. The predicted octanol–water partition coefficient (Wildman–Crippen LogP) is 5.09. The molecule has 4 aromatic carbocycles. The van der Waals surface area contributed by atoms with Crippen molar-refractivity contribution >= 4 is 17.8 Å². The van der Waals surface area contributed by atoms with E-state index < -0.39 is 13.2 Å². The molecule has 39 heavy (non-hydrogen) atoms. The first-order chi connectivity index (χ1) is 18.7. The van der Waals surface area contributed by atoms with E-state index in [1.54, 1.807) is 24.3 Å². The second kappa shape index (κ2) is 13.0. The second-order valence-corrected chi connectivity index (χ2v) is 13.0. The number of aliphatic hydroxyl groups is 1. The molecule has 0 aliphatic rings. The van der Waals surface area contributed by atoms with Crippen LogP contribution in [0, 0.1) is 0 Å². The standard InChI is InChI=1S/C32H36NO5P/c1-32(2,33-22-27(35)23-37-28-19-15-26(34)16-20-28)21-25-13-17-29(18-14-25)38-24-39(36,30-9-5-3-6-10-30)31-11-7-4-8-12-31/h3-20,27,33-35H,21-24H2,1-2H3/t27-/m0/s1. The summed E-state index contributed by atoms with van der Waals surface area (Å²) >= 11 is 0. The predicted molar refractivity (Wildman–Crippen MR) is 157 cm³/mol. The Bertz CT molecular complexity index is 1300. The molecule has 4 aromatic rings. The Morgan fingerprint density at radius 3 is 1.85 bits per heavy atom. The Kier molecular flexibility index (Phi) is 9.47. The Morgan fingerprint density at radius 2 is 1.28 bits per heavy atom. The zero-order valence-electron chi connectivity index (χ0n) is 22.4. The molecule has 3 N–H and O–H groups in total. The lowest BCUT2D eigenvalue weighted by Gasteiger charge is -2.28. The maximum Gasteiger partial charge on any atom is 0.178 e. The molecule has 0 aliphatic heterocycles. The first-order valence-electron chi connectivity index (χ1n) is 13.0. The van der Waals surface area contributed by atoms with Crippen LogP contribution in [0.2, 0.25) is 0 Å². The van der Waals surface area contributed by atoms with Crippen molar-refractivity contribution in [2.24, 2.45) is 0 Å². The van der Waals surface area contributed by atoms with E-state index >= 15 is 0 Å². The molecule has 0 radical (unpaired) electrons. The molecule has 4 rings (SSSR count). The van der Waals surface area contributed by atoms with Crippen LogP contribution in [-0.4, -0.2) is 41.4 Å².